The fourth-order valence-corrected chi connectivity index (χ4v) is 3.11. The van der Waals surface area contributed by atoms with Crippen LogP contribution in [0.5, 0.6) is 0 Å². The summed E-state index contributed by atoms with van der Waals surface area (Å²) in [5.74, 6) is 0.720. The summed E-state index contributed by atoms with van der Waals surface area (Å²) in [5.41, 5.74) is 2.90. The first-order valence-corrected chi connectivity index (χ1v) is 8.90. The van der Waals surface area contributed by atoms with E-state index in [-0.39, 0.29) is 5.91 Å². The molecule has 0 radical (unpaired) electrons. The zero-order valence-corrected chi connectivity index (χ0v) is 14.5. The molecule has 1 aliphatic heterocycles. The minimum atomic E-state index is -0.0330. The zero-order chi connectivity index (χ0) is 17.2. The van der Waals surface area contributed by atoms with Gasteiger partial charge in [-0.05, 0) is 49.6 Å². The maximum Gasteiger partial charge on any atom is 0.274 e. The first-order chi connectivity index (χ1) is 12.2. The summed E-state index contributed by atoms with van der Waals surface area (Å²) in [7, 11) is 0. The molecule has 2 aromatic rings. The molecular formula is C19H23N5O. The molecule has 4 rings (SSSR count). The van der Waals surface area contributed by atoms with Crippen LogP contribution in [0, 0.1) is 6.92 Å². The summed E-state index contributed by atoms with van der Waals surface area (Å²) in [6.07, 6.45) is 2.38. The van der Waals surface area contributed by atoms with Crippen LogP contribution in [-0.4, -0.2) is 53.2 Å². The standard InChI is InChI=1S/C19H23N5O/c1-14-3-2-4-16(13-14)23-9-11-24(12-10-23)19(25)17-7-8-18(22-21-17)20-15-5-6-15/h2-4,7-8,13,15H,5-6,9-12H2,1H3,(H,20,22). The minimum Gasteiger partial charge on any atom is -0.368 e. The lowest BCUT2D eigenvalue weighted by molar-refractivity contribution is 0.0739. The molecular weight excluding hydrogens is 314 g/mol. The summed E-state index contributed by atoms with van der Waals surface area (Å²) in [5, 5.41) is 11.5. The quantitative estimate of drug-likeness (QED) is 0.928. The predicted molar refractivity (Wildman–Crippen MR) is 98.0 cm³/mol. The molecule has 1 aromatic carbocycles. The van der Waals surface area contributed by atoms with Gasteiger partial charge in [-0.2, -0.15) is 0 Å². The van der Waals surface area contributed by atoms with Crippen molar-refractivity contribution in [2.75, 3.05) is 36.4 Å². The highest BCUT2D eigenvalue weighted by Gasteiger charge is 2.24. The van der Waals surface area contributed by atoms with Crippen molar-refractivity contribution >= 4 is 17.4 Å². The Balaban J connectivity index is 1.35. The Morgan fingerprint density at radius 2 is 1.88 bits per heavy atom. The van der Waals surface area contributed by atoms with Crippen molar-refractivity contribution in [3.63, 3.8) is 0 Å². The summed E-state index contributed by atoms with van der Waals surface area (Å²) >= 11 is 0. The van der Waals surface area contributed by atoms with Gasteiger partial charge in [0.2, 0.25) is 0 Å². The van der Waals surface area contributed by atoms with Crippen molar-refractivity contribution in [2.24, 2.45) is 0 Å². The SMILES string of the molecule is Cc1cccc(N2CCN(C(=O)c3ccc(NC4CC4)nn3)CC2)c1. The Hall–Kier alpha value is -2.63. The second-order valence-electron chi connectivity index (χ2n) is 6.84. The highest BCUT2D eigenvalue weighted by atomic mass is 16.2. The number of anilines is 2. The molecule has 0 spiro atoms. The number of amides is 1. The number of nitrogens with one attached hydrogen (secondary N) is 1. The predicted octanol–water partition coefficient (Wildman–Crippen LogP) is 2.32. The van der Waals surface area contributed by atoms with Crippen LogP contribution in [0.1, 0.15) is 28.9 Å². The van der Waals surface area contributed by atoms with E-state index < -0.39 is 0 Å². The van der Waals surface area contributed by atoms with Crippen LogP contribution in [0.2, 0.25) is 0 Å². The molecule has 130 valence electrons. The molecule has 1 amide bonds. The Morgan fingerprint density at radius 1 is 1.08 bits per heavy atom. The van der Waals surface area contributed by atoms with E-state index in [1.54, 1.807) is 6.07 Å². The number of benzene rings is 1. The summed E-state index contributed by atoms with van der Waals surface area (Å²) in [6, 6.07) is 12.6. The van der Waals surface area contributed by atoms with Crippen LogP contribution in [0.25, 0.3) is 0 Å². The van der Waals surface area contributed by atoms with Gasteiger partial charge in [-0.15, -0.1) is 10.2 Å². The Bertz CT molecular complexity index is 749. The number of aryl methyl sites for hydroxylation is 1. The Kier molecular flexibility index (Phi) is 4.26. The number of piperazine rings is 1. The van der Waals surface area contributed by atoms with Gasteiger partial charge in [0, 0.05) is 37.9 Å². The average Bonchev–Trinajstić information content (AvgIpc) is 3.46. The third-order valence-corrected chi connectivity index (χ3v) is 4.75. The number of aromatic nitrogens is 2. The van der Waals surface area contributed by atoms with E-state index in [9.17, 15) is 4.79 Å². The molecule has 25 heavy (non-hydrogen) atoms. The van der Waals surface area contributed by atoms with E-state index in [4.69, 9.17) is 0 Å². The number of hydrogen-bond acceptors (Lipinski definition) is 5. The van der Waals surface area contributed by atoms with E-state index in [1.807, 2.05) is 11.0 Å². The highest BCUT2D eigenvalue weighted by molar-refractivity contribution is 5.92. The third kappa shape index (κ3) is 3.73. The maximum absolute atomic E-state index is 12.6. The van der Waals surface area contributed by atoms with E-state index in [1.165, 1.54) is 24.1 Å². The van der Waals surface area contributed by atoms with E-state index in [0.717, 1.165) is 18.9 Å². The van der Waals surface area contributed by atoms with Gasteiger partial charge in [-0.25, -0.2) is 0 Å². The van der Waals surface area contributed by atoms with Crippen molar-refractivity contribution in [1.82, 2.24) is 15.1 Å². The lowest BCUT2D eigenvalue weighted by Gasteiger charge is -2.36. The molecule has 1 N–H and O–H groups in total. The van der Waals surface area contributed by atoms with Crippen molar-refractivity contribution in [1.29, 1.82) is 0 Å². The van der Waals surface area contributed by atoms with E-state index in [2.05, 4.69) is 51.6 Å². The molecule has 0 unspecified atom stereocenters. The molecule has 0 bridgehead atoms. The first-order valence-electron chi connectivity index (χ1n) is 8.90. The number of hydrogen-bond donors (Lipinski definition) is 1. The fraction of sp³-hybridized carbons (Fsp3) is 0.421. The molecule has 2 fully saturated rings. The lowest BCUT2D eigenvalue weighted by atomic mass is 10.2. The monoisotopic (exact) mass is 337 g/mol. The average molecular weight is 337 g/mol. The Labute approximate surface area is 147 Å². The van der Waals surface area contributed by atoms with Crippen LogP contribution in [-0.2, 0) is 0 Å². The highest BCUT2D eigenvalue weighted by Crippen LogP contribution is 2.23. The van der Waals surface area contributed by atoms with Gasteiger partial charge in [0.25, 0.3) is 5.91 Å². The van der Waals surface area contributed by atoms with Gasteiger partial charge >= 0.3 is 0 Å². The summed E-state index contributed by atoms with van der Waals surface area (Å²) in [4.78, 5) is 16.8. The topological polar surface area (TPSA) is 61.4 Å². The number of rotatable bonds is 4. The van der Waals surface area contributed by atoms with Crippen molar-refractivity contribution in [2.45, 2.75) is 25.8 Å². The number of carbonyl (C=O) groups is 1. The summed E-state index contributed by atoms with van der Waals surface area (Å²) in [6.45, 7) is 5.19. The molecule has 1 saturated carbocycles. The second kappa shape index (κ2) is 6.70. The molecule has 0 atom stereocenters. The van der Waals surface area contributed by atoms with Crippen LogP contribution >= 0.6 is 0 Å². The van der Waals surface area contributed by atoms with Gasteiger partial charge in [0.15, 0.2) is 5.69 Å². The molecule has 1 aromatic heterocycles. The van der Waals surface area contributed by atoms with Crippen molar-refractivity contribution in [3.8, 4) is 0 Å². The van der Waals surface area contributed by atoms with Gasteiger partial charge in [0.1, 0.15) is 5.82 Å². The van der Waals surface area contributed by atoms with Crippen LogP contribution < -0.4 is 10.2 Å². The third-order valence-electron chi connectivity index (χ3n) is 4.75. The van der Waals surface area contributed by atoms with E-state index in [0.29, 0.717) is 24.8 Å². The molecule has 6 nitrogen and oxygen atoms in total. The van der Waals surface area contributed by atoms with Gasteiger partial charge < -0.3 is 15.1 Å². The fourth-order valence-electron chi connectivity index (χ4n) is 3.11. The normalized spacial score (nSPS) is 17.5. The van der Waals surface area contributed by atoms with Crippen molar-refractivity contribution < 1.29 is 4.79 Å². The molecule has 1 saturated heterocycles. The maximum atomic E-state index is 12.6. The van der Waals surface area contributed by atoms with Gasteiger partial charge in [0.05, 0.1) is 0 Å². The van der Waals surface area contributed by atoms with Crippen LogP contribution in [0.15, 0.2) is 36.4 Å². The Morgan fingerprint density at radius 3 is 2.52 bits per heavy atom. The first kappa shape index (κ1) is 15.9. The lowest BCUT2D eigenvalue weighted by Crippen LogP contribution is -2.49. The van der Waals surface area contributed by atoms with E-state index >= 15 is 0 Å². The second-order valence-corrected chi connectivity index (χ2v) is 6.84. The molecule has 6 heteroatoms. The van der Waals surface area contributed by atoms with Gasteiger partial charge in [-0.3, -0.25) is 4.79 Å². The number of nitrogens with zero attached hydrogens (tertiary/aromatic N) is 4. The zero-order valence-electron chi connectivity index (χ0n) is 14.5. The van der Waals surface area contributed by atoms with Crippen LogP contribution in [0.4, 0.5) is 11.5 Å². The van der Waals surface area contributed by atoms with Crippen molar-refractivity contribution in [3.05, 3.63) is 47.7 Å². The summed E-state index contributed by atoms with van der Waals surface area (Å²) < 4.78 is 0. The minimum absolute atomic E-state index is 0.0330. The van der Waals surface area contributed by atoms with Gasteiger partial charge in [-0.1, -0.05) is 12.1 Å². The molecule has 2 aliphatic rings. The smallest absolute Gasteiger partial charge is 0.274 e. The largest absolute Gasteiger partial charge is 0.368 e. The number of carbonyl (C=O) groups excluding carboxylic acids is 1. The molecule has 1 aliphatic carbocycles. The molecule has 2 heterocycles. The van der Waals surface area contributed by atoms with Crippen LogP contribution in [0.3, 0.4) is 0 Å².